The molecule has 0 bridgehead atoms. The summed E-state index contributed by atoms with van der Waals surface area (Å²) in [6.07, 6.45) is 10.1. The van der Waals surface area contributed by atoms with Gasteiger partial charge in [0.05, 0.1) is 10.3 Å². The van der Waals surface area contributed by atoms with Crippen LogP contribution in [0.2, 0.25) is 0 Å². The summed E-state index contributed by atoms with van der Waals surface area (Å²) in [6.45, 7) is 2.48. The second-order valence-corrected chi connectivity index (χ2v) is 12.2. The average Bonchev–Trinajstić information content (AvgIpc) is 3.19. The quantitative estimate of drug-likeness (QED) is 0.550. The zero-order chi connectivity index (χ0) is 22.3. The highest BCUT2D eigenvalue weighted by Gasteiger charge is 2.28. The van der Waals surface area contributed by atoms with Crippen LogP contribution in [-0.4, -0.2) is 66.9 Å². The van der Waals surface area contributed by atoms with Crippen molar-refractivity contribution in [2.24, 2.45) is 0 Å². The summed E-state index contributed by atoms with van der Waals surface area (Å²) < 4.78 is 34.0. The second kappa shape index (κ2) is 8.85. The van der Waals surface area contributed by atoms with Crippen LogP contribution >= 0.6 is 11.3 Å². The van der Waals surface area contributed by atoms with Crippen molar-refractivity contribution in [2.75, 3.05) is 27.2 Å². The lowest BCUT2D eigenvalue weighted by atomic mass is 9.90. The zero-order valence-corrected chi connectivity index (χ0v) is 20.3. The Kier molecular flexibility index (Phi) is 6.09. The molecular formula is C23H30N4O3S2. The molecule has 9 heteroatoms. The largest absolute Gasteiger partial charge is 0.474 e. The van der Waals surface area contributed by atoms with Gasteiger partial charge in [-0.25, -0.2) is 22.7 Å². The molecule has 1 aliphatic heterocycles. The minimum Gasteiger partial charge on any atom is -0.474 e. The SMILES string of the molecule is CN(C)S(=O)(=O)c1ccc2sc3ncnc(OC4CCC(N5CCCCC5)CC4)c3c2c1. The van der Waals surface area contributed by atoms with E-state index in [0.717, 1.165) is 46.0 Å². The van der Waals surface area contributed by atoms with E-state index >= 15 is 0 Å². The highest BCUT2D eigenvalue weighted by molar-refractivity contribution is 7.89. The first-order valence-corrected chi connectivity index (χ1v) is 13.7. The van der Waals surface area contributed by atoms with Gasteiger partial charge in [-0.05, 0) is 69.8 Å². The predicted octanol–water partition coefficient (Wildman–Crippen LogP) is 4.27. The summed E-state index contributed by atoms with van der Waals surface area (Å²) in [6, 6.07) is 5.92. The molecule has 3 heterocycles. The maximum Gasteiger partial charge on any atom is 0.242 e. The van der Waals surface area contributed by atoms with Crippen LogP contribution in [0.4, 0.5) is 0 Å². The third kappa shape index (κ3) is 4.11. The molecule has 0 N–H and O–H groups in total. The van der Waals surface area contributed by atoms with Gasteiger partial charge >= 0.3 is 0 Å². The first kappa shape index (κ1) is 22.0. The molecule has 2 fully saturated rings. The number of hydrogen-bond donors (Lipinski definition) is 0. The summed E-state index contributed by atoms with van der Waals surface area (Å²) in [4.78, 5) is 12.7. The number of sulfonamides is 1. The van der Waals surface area contributed by atoms with Gasteiger partial charge in [-0.2, -0.15) is 0 Å². The molecule has 5 rings (SSSR count). The summed E-state index contributed by atoms with van der Waals surface area (Å²) in [7, 11) is -0.431. The third-order valence-corrected chi connectivity index (χ3v) is 9.70. The zero-order valence-electron chi connectivity index (χ0n) is 18.7. The Labute approximate surface area is 193 Å². The first-order valence-electron chi connectivity index (χ1n) is 11.4. The Morgan fingerprint density at radius 2 is 1.81 bits per heavy atom. The van der Waals surface area contributed by atoms with Gasteiger partial charge in [0.15, 0.2) is 0 Å². The number of piperidine rings is 1. The molecule has 3 aromatic rings. The smallest absolute Gasteiger partial charge is 0.242 e. The van der Waals surface area contributed by atoms with Crippen molar-refractivity contribution in [3.05, 3.63) is 24.5 Å². The van der Waals surface area contributed by atoms with Crippen molar-refractivity contribution in [2.45, 2.75) is 62.0 Å². The molecule has 0 unspecified atom stereocenters. The van der Waals surface area contributed by atoms with Gasteiger partial charge in [-0.1, -0.05) is 6.42 Å². The Bertz CT molecular complexity index is 1210. The van der Waals surface area contributed by atoms with Crippen LogP contribution < -0.4 is 4.74 Å². The fraction of sp³-hybridized carbons (Fsp3) is 0.565. The van der Waals surface area contributed by atoms with Crippen LogP contribution in [-0.2, 0) is 10.0 Å². The van der Waals surface area contributed by atoms with Crippen molar-refractivity contribution in [1.82, 2.24) is 19.2 Å². The number of thiophene rings is 1. The lowest BCUT2D eigenvalue weighted by Gasteiger charge is -2.38. The molecule has 2 aliphatic rings. The highest BCUT2D eigenvalue weighted by atomic mass is 32.2. The fourth-order valence-electron chi connectivity index (χ4n) is 4.99. The molecule has 32 heavy (non-hydrogen) atoms. The fourth-order valence-corrected chi connectivity index (χ4v) is 6.93. The summed E-state index contributed by atoms with van der Waals surface area (Å²) >= 11 is 1.54. The molecule has 2 aromatic heterocycles. The first-order chi connectivity index (χ1) is 15.4. The number of aromatic nitrogens is 2. The number of nitrogens with zero attached hydrogens (tertiary/aromatic N) is 4. The minimum absolute atomic E-state index is 0.137. The van der Waals surface area contributed by atoms with Crippen molar-refractivity contribution >= 4 is 41.7 Å². The van der Waals surface area contributed by atoms with Gasteiger partial charge in [0.1, 0.15) is 17.3 Å². The number of likely N-dealkylation sites (tertiary alicyclic amines) is 1. The molecule has 1 saturated heterocycles. The van der Waals surface area contributed by atoms with E-state index in [9.17, 15) is 8.42 Å². The summed E-state index contributed by atoms with van der Waals surface area (Å²) in [5.74, 6) is 0.571. The Morgan fingerprint density at radius 1 is 1.06 bits per heavy atom. The van der Waals surface area contributed by atoms with E-state index < -0.39 is 10.0 Å². The van der Waals surface area contributed by atoms with Crippen molar-refractivity contribution < 1.29 is 13.2 Å². The molecule has 1 aliphatic carbocycles. The van der Waals surface area contributed by atoms with E-state index in [4.69, 9.17) is 4.74 Å². The normalized spacial score (nSPS) is 23.2. The lowest BCUT2D eigenvalue weighted by Crippen LogP contribution is -2.42. The monoisotopic (exact) mass is 474 g/mol. The molecule has 1 aromatic carbocycles. The number of ether oxygens (including phenoxy) is 1. The van der Waals surface area contributed by atoms with E-state index in [1.165, 1.54) is 48.0 Å². The maximum absolute atomic E-state index is 12.7. The van der Waals surface area contributed by atoms with Crippen LogP contribution in [0.5, 0.6) is 5.88 Å². The number of benzene rings is 1. The number of fused-ring (bicyclic) bond motifs is 3. The van der Waals surface area contributed by atoms with Crippen molar-refractivity contribution in [3.63, 3.8) is 0 Å². The molecular weight excluding hydrogens is 444 g/mol. The predicted molar refractivity (Wildman–Crippen MR) is 128 cm³/mol. The van der Waals surface area contributed by atoms with Crippen LogP contribution in [0.1, 0.15) is 44.9 Å². The van der Waals surface area contributed by atoms with Crippen molar-refractivity contribution in [1.29, 1.82) is 0 Å². The van der Waals surface area contributed by atoms with E-state index in [2.05, 4.69) is 14.9 Å². The average molecular weight is 475 g/mol. The van der Waals surface area contributed by atoms with Crippen LogP contribution in [0.3, 0.4) is 0 Å². The number of hydrogen-bond acceptors (Lipinski definition) is 7. The topological polar surface area (TPSA) is 75.6 Å². The van der Waals surface area contributed by atoms with E-state index in [0.29, 0.717) is 11.9 Å². The van der Waals surface area contributed by atoms with Crippen LogP contribution in [0, 0.1) is 0 Å². The Balaban J connectivity index is 1.40. The van der Waals surface area contributed by atoms with E-state index in [-0.39, 0.29) is 11.0 Å². The maximum atomic E-state index is 12.7. The van der Waals surface area contributed by atoms with E-state index in [1.807, 2.05) is 6.07 Å². The minimum atomic E-state index is -3.52. The Hall–Kier alpha value is -1.81. The lowest BCUT2D eigenvalue weighted by molar-refractivity contribution is 0.0757. The second-order valence-electron chi connectivity index (χ2n) is 9.05. The molecule has 172 valence electrons. The molecule has 7 nitrogen and oxygen atoms in total. The third-order valence-electron chi connectivity index (χ3n) is 6.81. The van der Waals surface area contributed by atoms with Crippen LogP contribution in [0.25, 0.3) is 20.3 Å². The van der Waals surface area contributed by atoms with E-state index in [1.54, 1.807) is 32.6 Å². The van der Waals surface area contributed by atoms with Crippen LogP contribution in [0.15, 0.2) is 29.4 Å². The molecule has 0 amide bonds. The van der Waals surface area contributed by atoms with Gasteiger partial charge in [0.25, 0.3) is 0 Å². The molecule has 1 saturated carbocycles. The van der Waals surface area contributed by atoms with Gasteiger partial charge in [-0.15, -0.1) is 11.3 Å². The molecule has 0 radical (unpaired) electrons. The van der Waals surface area contributed by atoms with Gasteiger partial charge < -0.3 is 9.64 Å². The van der Waals surface area contributed by atoms with Crippen molar-refractivity contribution in [3.8, 4) is 5.88 Å². The van der Waals surface area contributed by atoms with Gasteiger partial charge in [-0.3, -0.25) is 0 Å². The standard InChI is InChI=1S/C23H30N4O3S2/c1-26(2)32(28,29)18-10-11-20-19(14-18)21-22(24-15-25-23(21)31-20)30-17-8-6-16(7-9-17)27-12-4-3-5-13-27/h10-11,14-17H,3-9,12-13H2,1-2H3. The summed E-state index contributed by atoms with van der Waals surface area (Å²) in [5.41, 5.74) is 0. The molecule has 0 spiro atoms. The molecule has 0 atom stereocenters. The van der Waals surface area contributed by atoms with Gasteiger partial charge in [0.2, 0.25) is 15.9 Å². The summed E-state index contributed by atoms with van der Waals surface area (Å²) in [5, 5.41) is 1.66. The van der Waals surface area contributed by atoms with Gasteiger partial charge in [0, 0.05) is 30.2 Å². The number of rotatable bonds is 5. The Morgan fingerprint density at radius 3 is 2.53 bits per heavy atom. The highest BCUT2D eigenvalue weighted by Crippen LogP contribution is 2.39.